The molecule has 0 bridgehead atoms. The average molecular weight is 328 g/mol. The minimum absolute atomic E-state index is 0.282. The van der Waals surface area contributed by atoms with E-state index < -0.39 is 5.82 Å². The molecule has 3 rings (SSSR count). The smallest absolute Gasteiger partial charge is 0.260 e. The van der Waals surface area contributed by atoms with Crippen LogP contribution < -0.4 is 4.90 Å². The average Bonchev–Trinajstić information content (AvgIpc) is 3.06. The Kier molecular flexibility index (Phi) is 4.38. The van der Waals surface area contributed by atoms with Crippen LogP contribution in [0.15, 0.2) is 48.8 Å². The van der Waals surface area contributed by atoms with E-state index in [0.29, 0.717) is 16.7 Å². The minimum atomic E-state index is -0.444. The Bertz CT molecular complexity index is 822. The summed E-state index contributed by atoms with van der Waals surface area (Å²) in [5.74, 6) is -0.749. The maximum absolute atomic E-state index is 13.3. The highest BCUT2D eigenvalue weighted by molar-refractivity contribution is 7.18. The number of amides is 1. The third-order valence-corrected chi connectivity index (χ3v) is 4.18. The summed E-state index contributed by atoms with van der Waals surface area (Å²) in [6.45, 7) is 2.25. The van der Waals surface area contributed by atoms with Crippen LogP contribution in [0, 0.1) is 5.82 Å². The molecular weight excluding hydrogens is 315 g/mol. The molecule has 2 aromatic heterocycles. The third kappa shape index (κ3) is 3.24. The topological polar surface area (TPSA) is 59.0 Å². The molecule has 0 radical (unpaired) electrons. The molecule has 0 saturated heterocycles. The van der Waals surface area contributed by atoms with Crippen molar-refractivity contribution in [2.45, 2.75) is 6.92 Å². The van der Waals surface area contributed by atoms with Crippen molar-refractivity contribution in [1.82, 2.24) is 15.2 Å². The first kappa shape index (κ1) is 15.2. The Labute approximate surface area is 136 Å². The molecule has 0 aliphatic rings. The molecular formula is C16H13FN4OS. The summed E-state index contributed by atoms with van der Waals surface area (Å²) in [5.41, 5.74) is 1.12. The molecule has 1 amide bonds. The quantitative estimate of drug-likeness (QED) is 0.736. The van der Waals surface area contributed by atoms with E-state index in [-0.39, 0.29) is 11.5 Å². The van der Waals surface area contributed by atoms with Crippen LogP contribution in [-0.4, -0.2) is 27.6 Å². The van der Waals surface area contributed by atoms with E-state index in [2.05, 4.69) is 15.2 Å². The van der Waals surface area contributed by atoms with E-state index in [1.165, 1.54) is 34.4 Å². The standard InChI is InChI=1S/C16H13FN4OS/c1-2-21(15(22)11-5-3-7-13(17)9-11)16-20-19-14(23-16)12-6-4-8-18-10-12/h3-10H,2H2,1H3. The first-order valence-electron chi connectivity index (χ1n) is 7.00. The van der Waals surface area contributed by atoms with Gasteiger partial charge >= 0.3 is 0 Å². The van der Waals surface area contributed by atoms with E-state index in [1.807, 2.05) is 19.1 Å². The van der Waals surface area contributed by atoms with E-state index in [4.69, 9.17) is 0 Å². The summed E-state index contributed by atoms with van der Waals surface area (Å²) in [7, 11) is 0. The van der Waals surface area contributed by atoms with Crippen molar-refractivity contribution >= 4 is 22.4 Å². The third-order valence-electron chi connectivity index (χ3n) is 3.19. The summed E-state index contributed by atoms with van der Waals surface area (Å²) in [5, 5.41) is 9.35. The van der Waals surface area contributed by atoms with Gasteiger partial charge < -0.3 is 0 Å². The summed E-state index contributed by atoms with van der Waals surface area (Å²) in [6.07, 6.45) is 3.37. The Morgan fingerprint density at radius 1 is 1.26 bits per heavy atom. The van der Waals surface area contributed by atoms with Crippen LogP contribution in [0.1, 0.15) is 17.3 Å². The Balaban J connectivity index is 1.90. The van der Waals surface area contributed by atoms with Gasteiger partial charge in [0.25, 0.3) is 5.91 Å². The Morgan fingerprint density at radius 3 is 2.83 bits per heavy atom. The molecule has 0 N–H and O–H groups in total. The number of pyridine rings is 1. The predicted molar refractivity (Wildman–Crippen MR) is 86.9 cm³/mol. The first-order valence-corrected chi connectivity index (χ1v) is 7.82. The number of benzene rings is 1. The molecule has 0 saturated carbocycles. The maximum atomic E-state index is 13.3. The molecule has 0 atom stereocenters. The molecule has 23 heavy (non-hydrogen) atoms. The number of rotatable bonds is 4. The number of hydrogen-bond acceptors (Lipinski definition) is 5. The van der Waals surface area contributed by atoms with E-state index >= 15 is 0 Å². The summed E-state index contributed by atoms with van der Waals surface area (Å²) in [4.78, 5) is 18.1. The van der Waals surface area contributed by atoms with Crippen LogP contribution in [0.2, 0.25) is 0 Å². The second kappa shape index (κ2) is 6.62. The molecule has 2 heterocycles. The second-order valence-electron chi connectivity index (χ2n) is 4.69. The van der Waals surface area contributed by atoms with Gasteiger partial charge in [-0.25, -0.2) is 4.39 Å². The number of halogens is 1. The summed E-state index contributed by atoms with van der Waals surface area (Å²) >= 11 is 1.29. The lowest BCUT2D eigenvalue weighted by atomic mass is 10.2. The van der Waals surface area contributed by atoms with Crippen LogP contribution in [-0.2, 0) is 0 Å². The van der Waals surface area contributed by atoms with Crippen LogP contribution in [0.5, 0.6) is 0 Å². The molecule has 116 valence electrons. The zero-order chi connectivity index (χ0) is 16.2. The van der Waals surface area contributed by atoms with Crippen LogP contribution in [0.3, 0.4) is 0 Å². The molecule has 1 aromatic carbocycles. The van der Waals surface area contributed by atoms with Gasteiger partial charge in [-0.2, -0.15) is 0 Å². The van der Waals surface area contributed by atoms with Gasteiger partial charge in [0.05, 0.1) is 0 Å². The molecule has 7 heteroatoms. The highest BCUT2D eigenvalue weighted by Gasteiger charge is 2.20. The fourth-order valence-corrected chi connectivity index (χ4v) is 2.97. The molecule has 0 unspecified atom stereocenters. The molecule has 0 aliphatic heterocycles. The lowest BCUT2D eigenvalue weighted by Crippen LogP contribution is -2.30. The molecule has 3 aromatic rings. The largest absolute Gasteiger partial charge is 0.283 e. The van der Waals surface area contributed by atoms with Crippen molar-refractivity contribution in [1.29, 1.82) is 0 Å². The van der Waals surface area contributed by atoms with E-state index in [9.17, 15) is 9.18 Å². The highest BCUT2D eigenvalue weighted by atomic mass is 32.1. The van der Waals surface area contributed by atoms with Crippen molar-refractivity contribution < 1.29 is 9.18 Å². The van der Waals surface area contributed by atoms with E-state index in [1.54, 1.807) is 18.5 Å². The van der Waals surface area contributed by atoms with Crippen molar-refractivity contribution in [3.8, 4) is 10.6 Å². The maximum Gasteiger partial charge on any atom is 0.260 e. The van der Waals surface area contributed by atoms with Gasteiger partial charge in [-0.15, -0.1) is 10.2 Å². The lowest BCUT2D eigenvalue weighted by molar-refractivity contribution is 0.0987. The number of nitrogens with zero attached hydrogens (tertiary/aromatic N) is 4. The summed E-state index contributed by atoms with van der Waals surface area (Å²) in [6, 6.07) is 9.30. The van der Waals surface area contributed by atoms with E-state index in [0.717, 1.165) is 5.56 Å². The van der Waals surface area contributed by atoms with Crippen molar-refractivity contribution in [3.63, 3.8) is 0 Å². The highest BCUT2D eigenvalue weighted by Crippen LogP contribution is 2.28. The van der Waals surface area contributed by atoms with Crippen LogP contribution in [0.4, 0.5) is 9.52 Å². The molecule has 0 spiro atoms. The van der Waals surface area contributed by atoms with Gasteiger partial charge in [-0.1, -0.05) is 17.4 Å². The monoisotopic (exact) mass is 328 g/mol. The van der Waals surface area contributed by atoms with Crippen LogP contribution >= 0.6 is 11.3 Å². The minimum Gasteiger partial charge on any atom is -0.283 e. The molecule has 0 aliphatic carbocycles. The zero-order valence-corrected chi connectivity index (χ0v) is 13.1. The Hall–Kier alpha value is -2.67. The van der Waals surface area contributed by atoms with Gasteiger partial charge in [-0.3, -0.25) is 14.7 Å². The van der Waals surface area contributed by atoms with Gasteiger partial charge in [0.2, 0.25) is 5.13 Å². The second-order valence-corrected chi connectivity index (χ2v) is 5.65. The number of carbonyl (C=O) groups is 1. The lowest BCUT2D eigenvalue weighted by Gasteiger charge is -2.16. The fourth-order valence-electron chi connectivity index (χ4n) is 2.07. The van der Waals surface area contributed by atoms with Crippen molar-refractivity contribution in [2.24, 2.45) is 0 Å². The zero-order valence-electron chi connectivity index (χ0n) is 12.3. The number of aromatic nitrogens is 3. The van der Waals surface area contributed by atoms with Gasteiger partial charge in [0.1, 0.15) is 5.82 Å². The molecule has 5 nitrogen and oxygen atoms in total. The predicted octanol–water partition coefficient (Wildman–Crippen LogP) is 3.41. The number of carbonyl (C=O) groups excluding carboxylic acids is 1. The number of anilines is 1. The fraction of sp³-hybridized carbons (Fsp3) is 0.125. The van der Waals surface area contributed by atoms with Gasteiger partial charge in [-0.05, 0) is 37.3 Å². The normalized spacial score (nSPS) is 10.5. The first-order chi connectivity index (χ1) is 11.2. The molecule has 0 fully saturated rings. The van der Waals surface area contributed by atoms with Crippen LogP contribution in [0.25, 0.3) is 10.6 Å². The number of hydrogen-bond donors (Lipinski definition) is 0. The summed E-state index contributed by atoms with van der Waals surface area (Å²) < 4.78 is 13.3. The van der Waals surface area contributed by atoms with Crippen molar-refractivity contribution in [2.75, 3.05) is 11.4 Å². The SMILES string of the molecule is CCN(C(=O)c1cccc(F)c1)c1nnc(-c2cccnc2)s1. The van der Waals surface area contributed by atoms with Gasteiger partial charge in [0, 0.05) is 30.1 Å². The van der Waals surface area contributed by atoms with Crippen molar-refractivity contribution in [3.05, 3.63) is 60.2 Å². The van der Waals surface area contributed by atoms with Gasteiger partial charge in [0.15, 0.2) is 5.01 Å². The Morgan fingerprint density at radius 2 is 2.13 bits per heavy atom.